The van der Waals surface area contributed by atoms with Gasteiger partial charge in [-0.05, 0) is 17.8 Å². The van der Waals surface area contributed by atoms with Crippen LogP contribution in [0.3, 0.4) is 0 Å². The molecule has 0 aliphatic carbocycles. The Labute approximate surface area is 113 Å². The second kappa shape index (κ2) is 5.31. The maximum absolute atomic E-state index is 11.7. The second-order valence-corrected chi connectivity index (χ2v) is 5.02. The molecule has 2 rings (SSSR count). The number of hydrogen-bond donors (Lipinski definition) is 0. The third kappa shape index (κ3) is 2.70. The second-order valence-electron chi connectivity index (χ2n) is 4.03. The lowest BCUT2D eigenvalue weighted by molar-refractivity contribution is -0.645. The minimum absolute atomic E-state index is 0.346. The molecule has 0 atom stereocenters. The summed E-state index contributed by atoms with van der Waals surface area (Å²) in [7, 11) is 3.04. The average Bonchev–Trinajstić information content (AvgIpc) is 2.40. The Bertz CT molecular complexity index is 721. The van der Waals surface area contributed by atoms with Crippen molar-refractivity contribution < 1.29 is 4.73 Å². The molecule has 0 aliphatic heterocycles. The van der Waals surface area contributed by atoms with Gasteiger partial charge in [0.05, 0.1) is 0 Å². The van der Waals surface area contributed by atoms with Crippen LogP contribution < -0.4 is 16.0 Å². The minimum atomic E-state index is -0.369. The summed E-state index contributed by atoms with van der Waals surface area (Å²) >= 11 is 1.28. The van der Waals surface area contributed by atoms with Crippen LogP contribution in [0.25, 0.3) is 0 Å². The summed E-state index contributed by atoms with van der Waals surface area (Å²) in [4.78, 5) is 23.3. The van der Waals surface area contributed by atoms with Gasteiger partial charge in [-0.1, -0.05) is 0 Å². The smallest absolute Gasteiger partial charge is 0.330 e. The van der Waals surface area contributed by atoms with Crippen LogP contribution in [0.5, 0.6) is 0 Å². The van der Waals surface area contributed by atoms with Crippen molar-refractivity contribution in [2.75, 3.05) is 0 Å². The van der Waals surface area contributed by atoms with Gasteiger partial charge in [-0.2, -0.15) is 4.73 Å². The van der Waals surface area contributed by atoms with Gasteiger partial charge in [0.1, 0.15) is 0 Å². The third-order valence-electron chi connectivity index (χ3n) is 2.78. The van der Waals surface area contributed by atoms with E-state index < -0.39 is 0 Å². The molecule has 100 valence electrons. The molecule has 0 amide bonds. The van der Waals surface area contributed by atoms with Crippen LogP contribution in [-0.2, 0) is 19.8 Å². The van der Waals surface area contributed by atoms with Gasteiger partial charge in [0, 0.05) is 43.7 Å². The van der Waals surface area contributed by atoms with E-state index in [1.165, 1.54) is 35.6 Å². The van der Waals surface area contributed by atoms with Crippen molar-refractivity contribution in [3.63, 3.8) is 0 Å². The van der Waals surface area contributed by atoms with Crippen molar-refractivity contribution in [3.8, 4) is 0 Å². The summed E-state index contributed by atoms with van der Waals surface area (Å²) in [5.74, 6) is 0.383. The van der Waals surface area contributed by atoms with Crippen LogP contribution in [0, 0.1) is 5.21 Å². The molecule has 19 heavy (non-hydrogen) atoms. The van der Waals surface area contributed by atoms with Gasteiger partial charge < -0.3 is 5.21 Å². The fourth-order valence-corrected chi connectivity index (χ4v) is 2.52. The van der Waals surface area contributed by atoms with E-state index in [-0.39, 0.29) is 11.2 Å². The SMILES string of the molecule is Cn1c(CSc2cccc[n+]2[O-])cc(=O)n(C)c1=O. The monoisotopic (exact) mass is 279 g/mol. The van der Waals surface area contributed by atoms with Gasteiger partial charge in [0.25, 0.3) is 10.6 Å². The molecular weight excluding hydrogens is 266 g/mol. The molecule has 0 radical (unpaired) electrons. The molecular formula is C12H13N3O3S. The van der Waals surface area contributed by atoms with E-state index in [2.05, 4.69) is 0 Å². The zero-order valence-electron chi connectivity index (χ0n) is 10.6. The van der Waals surface area contributed by atoms with Gasteiger partial charge in [0.2, 0.25) is 0 Å². The lowest BCUT2D eigenvalue weighted by Gasteiger charge is -2.08. The fraction of sp³-hybridized carbons (Fsp3) is 0.250. The van der Waals surface area contributed by atoms with E-state index in [1.807, 2.05) is 0 Å². The van der Waals surface area contributed by atoms with Gasteiger partial charge in [-0.3, -0.25) is 13.9 Å². The molecule has 2 aromatic rings. The highest BCUT2D eigenvalue weighted by molar-refractivity contribution is 7.98. The van der Waals surface area contributed by atoms with E-state index in [9.17, 15) is 14.8 Å². The predicted octanol–water partition coefficient (Wildman–Crippen LogP) is 0.00970. The molecule has 0 N–H and O–H groups in total. The largest absolute Gasteiger partial charge is 0.618 e. The van der Waals surface area contributed by atoms with Crippen molar-refractivity contribution in [3.05, 3.63) is 62.2 Å². The summed E-state index contributed by atoms with van der Waals surface area (Å²) in [5, 5.41) is 12.0. The Morgan fingerprint density at radius 3 is 2.68 bits per heavy atom. The molecule has 0 spiro atoms. The Morgan fingerprint density at radius 1 is 1.26 bits per heavy atom. The van der Waals surface area contributed by atoms with Crippen LogP contribution in [0.15, 0.2) is 45.1 Å². The van der Waals surface area contributed by atoms with E-state index in [0.717, 1.165) is 9.30 Å². The van der Waals surface area contributed by atoms with Gasteiger partial charge in [0.15, 0.2) is 6.20 Å². The zero-order valence-corrected chi connectivity index (χ0v) is 11.4. The molecule has 0 bridgehead atoms. The average molecular weight is 279 g/mol. The van der Waals surface area contributed by atoms with Gasteiger partial charge >= 0.3 is 5.69 Å². The van der Waals surface area contributed by atoms with E-state index in [0.29, 0.717) is 16.5 Å². The Hall–Kier alpha value is -2.02. The molecule has 0 aliphatic rings. The van der Waals surface area contributed by atoms with Crippen LogP contribution in [0.1, 0.15) is 5.69 Å². The first kappa shape index (κ1) is 13.4. The van der Waals surface area contributed by atoms with Crippen LogP contribution >= 0.6 is 11.8 Å². The zero-order chi connectivity index (χ0) is 14.0. The predicted molar refractivity (Wildman–Crippen MR) is 71.9 cm³/mol. The number of hydrogen-bond acceptors (Lipinski definition) is 4. The lowest BCUT2D eigenvalue weighted by Crippen LogP contribution is -2.38. The first-order valence-electron chi connectivity index (χ1n) is 5.57. The van der Waals surface area contributed by atoms with Gasteiger partial charge in [-0.15, -0.1) is 0 Å². The molecule has 2 aromatic heterocycles. The first-order chi connectivity index (χ1) is 9.00. The molecule has 6 nitrogen and oxygen atoms in total. The summed E-state index contributed by atoms with van der Waals surface area (Å²) in [6, 6.07) is 6.51. The van der Waals surface area contributed by atoms with Crippen LogP contribution in [-0.4, -0.2) is 9.13 Å². The Kier molecular flexibility index (Phi) is 3.75. The van der Waals surface area contributed by atoms with Crippen molar-refractivity contribution in [2.45, 2.75) is 10.8 Å². The maximum atomic E-state index is 11.7. The molecule has 0 aromatic carbocycles. The lowest BCUT2D eigenvalue weighted by atomic mass is 10.4. The summed E-state index contributed by atoms with van der Waals surface area (Å²) in [6.07, 6.45) is 1.41. The number of rotatable bonds is 3. The van der Waals surface area contributed by atoms with E-state index in [1.54, 1.807) is 25.2 Å². The quantitative estimate of drug-likeness (QED) is 0.451. The Morgan fingerprint density at radius 2 is 2.00 bits per heavy atom. The molecule has 0 saturated heterocycles. The highest BCUT2D eigenvalue weighted by Crippen LogP contribution is 2.17. The third-order valence-corrected chi connectivity index (χ3v) is 3.83. The number of pyridine rings is 1. The Balaban J connectivity index is 2.29. The summed E-state index contributed by atoms with van der Waals surface area (Å²) in [6.45, 7) is 0. The standard InChI is InChI=1S/C12H13N3O3S/c1-13-9(7-10(16)14(2)12(13)17)8-19-11-5-3-4-6-15(11)18/h3-7H,8H2,1-2H3. The first-order valence-corrected chi connectivity index (χ1v) is 6.56. The normalized spacial score (nSPS) is 10.6. The van der Waals surface area contributed by atoms with Crippen molar-refractivity contribution in [1.82, 2.24) is 9.13 Å². The molecule has 7 heteroatoms. The topological polar surface area (TPSA) is 70.9 Å². The molecule has 0 unspecified atom stereocenters. The number of aromatic nitrogens is 3. The van der Waals surface area contributed by atoms with Crippen molar-refractivity contribution in [2.24, 2.45) is 14.1 Å². The molecule has 0 saturated carbocycles. The fourth-order valence-electron chi connectivity index (χ4n) is 1.59. The van der Waals surface area contributed by atoms with E-state index in [4.69, 9.17) is 0 Å². The van der Waals surface area contributed by atoms with E-state index >= 15 is 0 Å². The molecule has 0 fully saturated rings. The number of thioether (sulfide) groups is 1. The molecule has 2 heterocycles. The van der Waals surface area contributed by atoms with Crippen LogP contribution in [0.4, 0.5) is 0 Å². The maximum Gasteiger partial charge on any atom is 0.330 e. The van der Waals surface area contributed by atoms with Crippen molar-refractivity contribution in [1.29, 1.82) is 0 Å². The van der Waals surface area contributed by atoms with Gasteiger partial charge in [-0.25, -0.2) is 4.79 Å². The summed E-state index contributed by atoms with van der Waals surface area (Å²) < 4.78 is 3.21. The minimum Gasteiger partial charge on any atom is -0.618 e. The van der Waals surface area contributed by atoms with Crippen molar-refractivity contribution >= 4 is 11.8 Å². The highest BCUT2D eigenvalue weighted by atomic mass is 32.2. The highest BCUT2D eigenvalue weighted by Gasteiger charge is 2.09. The summed E-state index contributed by atoms with van der Waals surface area (Å²) in [5.41, 5.74) is -0.130. The number of nitrogens with zero attached hydrogens (tertiary/aromatic N) is 3. The van der Waals surface area contributed by atoms with Crippen LogP contribution in [0.2, 0.25) is 0 Å².